The van der Waals surface area contributed by atoms with Crippen LogP contribution in [0, 0.1) is 5.92 Å². The largest absolute Gasteiger partial charge is 0.330 e. The quantitative estimate of drug-likeness (QED) is 0.690. The minimum absolute atomic E-state index is 0.0435. The summed E-state index contributed by atoms with van der Waals surface area (Å²) in [5.74, 6) is 0.270. The Labute approximate surface area is 183 Å². The topological polar surface area (TPSA) is 40.6 Å². The molecule has 1 saturated carbocycles. The van der Waals surface area contributed by atoms with Gasteiger partial charge in [0.25, 0.3) is 0 Å². The first kappa shape index (κ1) is 21.1. The number of thiophene rings is 1. The standard InChI is InChI=1S/C25H32N2O2S/c1-25(2,3)27(24(29)19-11-7-8-12-19)17-22(28)26-15-13-21-20(14-16-30-21)23(26)18-9-5-4-6-10-18/h4-6,9-10,14,16,19,23H,7-8,11-13,15,17H2,1-3H3. The zero-order valence-electron chi connectivity index (χ0n) is 18.3. The van der Waals surface area contributed by atoms with Crippen LogP contribution in [0.25, 0.3) is 0 Å². The van der Waals surface area contributed by atoms with E-state index in [9.17, 15) is 9.59 Å². The predicted molar refractivity (Wildman–Crippen MR) is 121 cm³/mol. The Hall–Kier alpha value is -2.14. The van der Waals surface area contributed by atoms with Crippen LogP contribution >= 0.6 is 11.3 Å². The summed E-state index contributed by atoms with van der Waals surface area (Å²) >= 11 is 1.77. The number of carbonyl (C=O) groups excluding carboxylic acids is 2. The molecule has 4 rings (SSSR count). The SMILES string of the molecule is CC(C)(C)N(CC(=O)N1CCc2sccc2C1c1ccccc1)C(=O)C1CCCC1. The zero-order valence-corrected chi connectivity index (χ0v) is 19.1. The van der Waals surface area contributed by atoms with Gasteiger partial charge in [0, 0.05) is 22.9 Å². The first-order chi connectivity index (χ1) is 14.4. The van der Waals surface area contributed by atoms with E-state index in [4.69, 9.17) is 0 Å². The summed E-state index contributed by atoms with van der Waals surface area (Å²) in [7, 11) is 0. The third kappa shape index (κ3) is 4.18. The average Bonchev–Trinajstić information content (AvgIpc) is 3.42. The molecule has 0 bridgehead atoms. The molecule has 30 heavy (non-hydrogen) atoms. The number of hydrogen-bond donors (Lipinski definition) is 0. The van der Waals surface area contributed by atoms with Gasteiger partial charge < -0.3 is 9.80 Å². The highest BCUT2D eigenvalue weighted by atomic mass is 32.1. The van der Waals surface area contributed by atoms with Gasteiger partial charge >= 0.3 is 0 Å². The molecule has 160 valence electrons. The Morgan fingerprint density at radius 1 is 1.10 bits per heavy atom. The van der Waals surface area contributed by atoms with E-state index in [-0.39, 0.29) is 35.9 Å². The van der Waals surface area contributed by atoms with Crippen LogP contribution in [0.3, 0.4) is 0 Å². The molecule has 1 atom stereocenters. The number of carbonyl (C=O) groups is 2. The maximum Gasteiger partial charge on any atom is 0.243 e. The summed E-state index contributed by atoms with van der Waals surface area (Å²) in [5, 5.41) is 2.12. The second-order valence-corrected chi connectivity index (χ2v) is 10.5. The van der Waals surface area contributed by atoms with Crippen LogP contribution in [0.15, 0.2) is 41.8 Å². The number of fused-ring (bicyclic) bond motifs is 1. The second-order valence-electron chi connectivity index (χ2n) is 9.53. The Morgan fingerprint density at radius 2 is 1.80 bits per heavy atom. The fourth-order valence-corrected chi connectivity index (χ4v) is 5.75. The number of rotatable bonds is 4. The van der Waals surface area contributed by atoms with Crippen molar-refractivity contribution in [2.24, 2.45) is 5.92 Å². The van der Waals surface area contributed by atoms with Crippen molar-refractivity contribution in [2.45, 2.75) is 64.5 Å². The molecule has 1 aliphatic carbocycles. The maximum atomic E-state index is 13.6. The summed E-state index contributed by atoms with van der Waals surface area (Å²) < 4.78 is 0. The van der Waals surface area contributed by atoms with Gasteiger partial charge in [0.05, 0.1) is 6.04 Å². The third-order valence-electron chi connectivity index (χ3n) is 6.48. The number of hydrogen-bond acceptors (Lipinski definition) is 3. The first-order valence-corrected chi connectivity index (χ1v) is 12.0. The molecule has 4 nitrogen and oxygen atoms in total. The number of benzene rings is 1. The van der Waals surface area contributed by atoms with Gasteiger partial charge in [0.1, 0.15) is 6.54 Å². The fraction of sp³-hybridized carbons (Fsp3) is 0.520. The summed E-state index contributed by atoms with van der Waals surface area (Å²) in [6, 6.07) is 12.4. The smallest absolute Gasteiger partial charge is 0.243 e. The van der Waals surface area contributed by atoms with Crippen LogP contribution in [-0.4, -0.2) is 40.2 Å². The van der Waals surface area contributed by atoms with Gasteiger partial charge in [-0.25, -0.2) is 0 Å². The third-order valence-corrected chi connectivity index (χ3v) is 7.47. The summed E-state index contributed by atoms with van der Waals surface area (Å²) in [4.78, 5) is 32.1. The molecule has 2 amide bonds. The van der Waals surface area contributed by atoms with Crippen molar-refractivity contribution in [2.75, 3.05) is 13.1 Å². The summed E-state index contributed by atoms with van der Waals surface area (Å²) in [6.45, 7) is 6.96. The normalized spacial score (nSPS) is 19.6. The Balaban J connectivity index is 1.61. The van der Waals surface area contributed by atoms with E-state index < -0.39 is 0 Å². The Bertz CT molecular complexity index is 893. The highest BCUT2D eigenvalue weighted by Crippen LogP contribution is 2.38. The van der Waals surface area contributed by atoms with Crippen molar-refractivity contribution < 1.29 is 9.59 Å². The lowest BCUT2D eigenvalue weighted by Crippen LogP contribution is -2.54. The van der Waals surface area contributed by atoms with E-state index in [0.29, 0.717) is 6.54 Å². The molecule has 1 fully saturated rings. The van der Waals surface area contributed by atoms with E-state index in [1.165, 1.54) is 10.4 Å². The number of amides is 2. The maximum absolute atomic E-state index is 13.6. The molecule has 1 unspecified atom stereocenters. The van der Waals surface area contributed by atoms with Crippen LogP contribution in [0.5, 0.6) is 0 Å². The highest BCUT2D eigenvalue weighted by Gasteiger charge is 2.38. The molecule has 5 heteroatoms. The molecule has 2 aromatic rings. The fourth-order valence-electron chi connectivity index (χ4n) is 4.84. The van der Waals surface area contributed by atoms with E-state index in [2.05, 4.69) is 23.6 Å². The van der Waals surface area contributed by atoms with Gasteiger partial charge in [0.2, 0.25) is 11.8 Å². The minimum Gasteiger partial charge on any atom is -0.330 e. The van der Waals surface area contributed by atoms with Crippen molar-refractivity contribution in [1.29, 1.82) is 0 Å². The average molecular weight is 425 g/mol. The van der Waals surface area contributed by atoms with Crippen LogP contribution in [0.2, 0.25) is 0 Å². The van der Waals surface area contributed by atoms with Gasteiger partial charge in [-0.05, 0) is 62.6 Å². The Morgan fingerprint density at radius 3 is 2.47 bits per heavy atom. The van der Waals surface area contributed by atoms with E-state index in [1.807, 2.05) is 48.8 Å². The predicted octanol–water partition coefficient (Wildman–Crippen LogP) is 5.04. The van der Waals surface area contributed by atoms with Crippen LogP contribution < -0.4 is 0 Å². The van der Waals surface area contributed by atoms with Crippen molar-refractivity contribution in [3.8, 4) is 0 Å². The van der Waals surface area contributed by atoms with Gasteiger partial charge in [-0.15, -0.1) is 11.3 Å². The zero-order chi connectivity index (χ0) is 21.3. The van der Waals surface area contributed by atoms with Gasteiger partial charge in [-0.3, -0.25) is 9.59 Å². The molecule has 2 heterocycles. The van der Waals surface area contributed by atoms with Crippen LogP contribution in [-0.2, 0) is 16.0 Å². The van der Waals surface area contributed by atoms with Gasteiger partial charge in [0.15, 0.2) is 0 Å². The van der Waals surface area contributed by atoms with E-state index in [1.54, 1.807) is 11.3 Å². The molecule has 0 N–H and O–H groups in total. The van der Waals surface area contributed by atoms with E-state index >= 15 is 0 Å². The lowest BCUT2D eigenvalue weighted by Gasteiger charge is -2.41. The molecular weight excluding hydrogens is 392 g/mol. The second kappa shape index (κ2) is 8.54. The van der Waals surface area contributed by atoms with Gasteiger partial charge in [-0.1, -0.05) is 43.2 Å². The lowest BCUT2D eigenvalue weighted by molar-refractivity contribution is -0.148. The Kier molecular flexibility index (Phi) is 6.01. The highest BCUT2D eigenvalue weighted by molar-refractivity contribution is 7.10. The van der Waals surface area contributed by atoms with Crippen molar-refractivity contribution >= 4 is 23.2 Å². The van der Waals surface area contributed by atoms with Crippen molar-refractivity contribution in [1.82, 2.24) is 9.80 Å². The van der Waals surface area contributed by atoms with E-state index in [0.717, 1.165) is 37.7 Å². The molecule has 0 spiro atoms. The lowest BCUT2D eigenvalue weighted by atomic mass is 9.93. The number of nitrogens with zero attached hydrogens (tertiary/aromatic N) is 2. The summed E-state index contributed by atoms with van der Waals surface area (Å²) in [6.07, 6.45) is 5.02. The molecule has 0 saturated heterocycles. The van der Waals surface area contributed by atoms with Crippen LogP contribution in [0.4, 0.5) is 0 Å². The minimum atomic E-state index is -0.374. The van der Waals surface area contributed by atoms with Crippen molar-refractivity contribution in [3.05, 3.63) is 57.8 Å². The van der Waals surface area contributed by atoms with Crippen molar-refractivity contribution in [3.63, 3.8) is 0 Å². The molecular formula is C25H32N2O2S. The van der Waals surface area contributed by atoms with Gasteiger partial charge in [-0.2, -0.15) is 0 Å². The summed E-state index contributed by atoms with van der Waals surface area (Å²) in [5.41, 5.74) is 1.99. The molecule has 1 aromatic heterocycles. The molecule has 2 aliphatic rings. The molecule has 1 aliphatic heterocycles. The monoisotopic (exact) mass is 424 g/mol. The first-order valence-electron chi connectivity index (χ1n) is 11.1. The molecule has 1 aromatic carbocycles. The van der Waals surface area contributed by atoms with Crippen LogP contribution in [0.1, 0.15) is 68.5 Å². The molecule has 0 radical (unpaired) electrons.